The molecule has 0 aromatic carbocycles. The van der Waals surface area contributed by atoms with Gasteiger partial charge in [-0.1, -0.05) is 18.9 Å². The van der Waals surface area contributed by atoms with Crippen molar-refractivity contribution in [1.82, 2.24) is 10.6 Å². The van der Waals surface area contributed by atoms with Crippen LogP contribution in [0.25, 0.3) is 0 Å². The third-order valence-corrected chi connectivity index (χ3v) is 7.03. The highest BCUT2D eigenvalue weighted by molar-refractivity contribution is 7.92. The summed E-state index contributed by atoms with van der Waals surface area (Å²) >= 11 is 1.35. The molecule has 1 aliphatic rings. The standard InChI is InChI=1S/C15H22N2O4S2/c18-14(7-11-23(20,21)12-4-1-2-5-12)16-8-9-17-15(19)13-6-3-10-22-13/h3,6,10,12H,1-2,4-5,7-9,11H2,(H,16,18)(H,17,19). The summed E-state index contributed by atoms with van der Waals surface area (Å²) in [6, 6.07) is 3.53. The molecule has 0 spiro atoms. The van der Waals surface area contributed by atoms with Crippen LogP contribution in [0, 0.1) is 0 Å². The molecule has 0 atom stereocenters. The van der Waals surface area contributed by atoms with Gasteiger partial charge in [0, 0.05) is 19.5 Å². The Hall–Kier alpha value is -1.41. The maximum atomic E-state index is 12.1. The van der Waals surface area contributed by atoms with Crippen molar-refractivity contribution in [3.05, 3.63) is 22.4 Å². The zero-order valence-corrected chi connectivity index (χ0v) is 14.5. The summed E-state index contributed by atoms with van der Waals surface area (Å²) in [5.41, 5.74) is 0. The molecule has 23 heavy (non-hydrogen) atoms. The lowest BCUT2D eigenvalue weighted by molar-refractivity contribution is -0.120. The van der Waals surface area contributed by atoms with E-state index in [2.05, 4.69) is 10.6 Å². The molecule has 0 aliphatic heterocycles. The average Bonchev–Trinajstić information content (AvgIpc) is 3.22. The molecule has 0 saturated heterocycles. The average molecular weight is 358 g/mol. The zero-order chi connectivity index (χ0) is 16.7. The molecule has 1 heterocycles. The minimum atomic E-state index is -3.16. The summed E-state index contributed by atoms with van der Waals surface area (Å²) in [6.07, 6.45) is 3.34. The lowest BCUT2D eigenvalue weighted by atomic mass is 10.4. The molecular weight excluding hydrogens is 336 g/mol. The fourth-order valence-corrected chi connectivity index (χ4v) is 5.11. The Morgan fingerprint density at radius 3 is 2.52 bits per heavy atom. The maximum Gasteiger partial charge on any atom is 0.261 e. The molecule has 128 valence electrons. The summed E-state index contributed by atoms with van der Waals surface area (Å²) < 4.78 is 24.1. The van der Waals surface area contributed by atoms with Crippen molar-refractivity contribution < 1.29 is 18.0 Å². The molecule has 2 rings (SSSR count). The molecule has 0 radical (unpaired) electrons. The van der Waals surface area contributed by atoms with Crippen molar-refractivity contribution in [3.8, 4) is 0 Å². The van der Waals surface area contributed by atoms with Gasteiger partial charge >= 0.3 is 0 Å². The van der Waals surface area contributed by atoms with Gasteiger partial charge in [-0.05, 0) is 24.3 Å². The smallest absolute Gasteiger partial charge is 0.261 e. The Labute approximate surface area is 140 Å². The highest BCUT2D eigenvalue weighted by Crippen LogP contribution is 2.25. The van der Waals surface area contributed by atoms with E-state index in [0.29, 0.717) is 18.0 Å². The van der Waals surface area contributed by atoms with E-state index in [9.17, 15) is 18.0 Å². The predicted molar refractivity (Wildman–Crippen MR) is 90.3 cm³/mol. The maximum absolute atomic E-state index is 12.1. The zero-order valence-electron chi connectivity index (χ0n) is 12.9. The van der Waals surface area contributed by atoms with Crippen LogP contribution in [0.15, 0.2) is 17.5 Å². The van der Waals surface area contributed by atoms with Crippen LogP contribution in [0.5, 0.6) is 0 Å². The van der Waals surface area contributed by atoms with Gasteiger partial charge in [0.2, 0.25) is 5.91 Å². The number of rotatable bonds is 8. The fraction of sp³-hybridized carbons (Fsp3) is 0.600. The minimum absolute atomic E-state index is 0.0162. The van der Waals surface area contributed by atoms with Crippen molar-refractivity contribution in [2.24, 2.45) is 0 Å². The highest BCUT2D eigenvalue weighted by atomic mass is 32.2. The summed E-state index contributed by atoms with van der Waals surface area (Å²) in [6.45, 7) is 0.608. The second-order valence-electron chi connectivity index (χ2n) is 5.61. The van der Waals surface area contributed by atoms with Crippen LogP contribution in [0.3, 0.4) is 0 Å². The first-order valence-electron chi connectivity index (χ1n) is 7.79. The monoisotopic (exact) mass is 358 g/mol. The van der Waals surface area contributed by atoms with E-state index in [1.807, 2.05) is 5.38 Å². The van der Waals surface area contributed by atoms with E-state index >= 15 is 0 Å². The van der Waals surface area contributed by atoms with Crippen molar-refractivity contribution in [3.63, 3.8) is 0 Å². The first-order valence-corrected chi connectivity index (χ1v) is 10.4. The second kappa shape index (κ2) is 8.44. The molecule has 8 heteroatoms. The molecule has 0 unspecified atom stereocenters. The van der Waals surface area contributed by atoms with Crippen molar-refractivity contribution in [1.29, 1.82) is 0 Å². The second-order valence-corrected chi connectivity index (χ2v) is 8.95. The number of sulfone groups is 1. The van der Waals surface area contributed by atoms with E-state index in [-0.39, 0.29) is 29.2 Å². The summed E-state index contributed by atoms with van der Waals surface area (Å²) in [5, 5.41) is 6.89. The molecule has 1 aromatic rings. The SMILES string of the molecule is O=C(CCS(=O)(=O)C1CCCC1)NCCNC(=O)c1cccs1. The summed E-state index contributed by atoms with van der Waals surface area (Å²) in [5.74, 6) is -0.555. The molecule has 2 N–H and O–H groups in total. The third kappa shape index (κ3) is 5.62. The van der Waals surface area contributed by atoms with Crippen LogP contribution < -0.4 is 10.6 Å². The number of carbonyl (C=O) groups is 2. The fourth-order valence-electron chi connectivity index (χ4n) is 2.61. The van der Waals surface area contributed by atoms with Crippen molar-refractivity contribution >= 4 is 33.0 Å². The van der Waals surface area contributed by atoms with Crippen LogP contribution in [-0.4, -0.2) is 44.3 Å². The number of nitrogens with one attached hydrogen (secondary N) is 2. The molecule has 1 aromatic heterocycles. The first-order chi connectivity index (χ1) is 11.0. The Kier molecular flexibility index (Phi) is 6.59. The van der Waals surface area contributed by atoms with E-state index in [0.717, 1.165) is 25.7 Å². The topological polar surface area (TPSA) is 92.3 Å². The van der Waals surface area contributed by atoms with Gasteiger partial charge in [0.15, 0.2) is 9.84 Å². The summed E-state index contributed by atoms with van der Waals surface area (Å²) in [4.78, 5) is 24.0. The number of carbonyl (C=O) groups excluding carboxylic acids is 2. The van der Waals surface area contributed by atoms with E-state index in [1.54, 1.807) is 12.1 Å². The van der Waals surface area contributed by atoms with Gasteiger partial charge in [-0.2, -0.15) is 0 Å². The first kappa shape index (κ1) is 17.9. The largest absolute Gasteiger partial charge is 0.354 e. The van der Waals surface area contributed by atoms with Gasteiger partial charge in [-0.15, -0.1) is 11.3 Å². The number of thiophene rings is 1. The molecule has 2 amide bonds. The lowest BCUT2D eigenvalue weighted by Crippen LogP contribution is -2.35. The summed E-state index contributed by atoms with van der Waals surface area (Å²) in [7, 11) is -3.16. The molecule has 1 fully saturated rings. The molecule has 0 bridgehead atoms. The van der Waals surface area contributed by atoms with Crippen LogP contribution in [0.2, 0.25) is 0 Å². The Balaban J connectivity index is 1.61. The van der Waals surface area contributed by atoms with Gasteiger partial charge in [0.05, 0.1) is 15.9 Å². The van der Waals surface area contributed by atoms with E-state index in [1.165, 1.54) is 11.3 Å². The lowest BCUT2D eigenvalue weighted by Gasteiger charge is -2.11. The van der Waals surface area contributed by atoms with Gasteiger partial charge < -0.3 is 10.6 Å². The Morgan fingerprint density at radius 1 is 1.17 bits per heavy atom. The molecule has 6 nitrogen and oxygen atoms in total. The quantitative estimate of drug-likeness (QED) is 0.686. The van der Waals surface area contributed by atoms with Gasteiger partial charge in [-0.25, -0.2) is 8.42 Å². The molecular formula is C15H22N2O4S2. The minimum Gasteiger partial charge on any atom is -0.354 e. The number of hydrogen-bond acceptors (Lipinski definition) is 5. The Bertz CT molecular complexity index is 620. The van der Waals surface area contributed by atoms with Crippen LogP contribution in [0.4, 0.5) is 0 Å². The van der Waals surface area contributed by atoms with E-state index < -0.39 is 9.84 Å². The third-order valence-electron chi connectivity index (χ3n) is 3.90. The van der Waals surface area contributed by atoms with Crippen LogP contribution >= 0.6 is 11.3 Å². The van der Waals surface area contributed by atoms with Gasteiger partial charge in [0.25, 0.3) is 5.91 Å². The normalized spacial score (nSPS) is 15.5. The Morgan fingerprint density at radius 2 is 1.87 bits per heavy atom. The number of hydrogen-bond donors (Lipinski definition) is 2. The molecule has 1 saturated carbocycles. The highest BCUT2D eigenvalue weighted by Gasteiger charge is 2.28. The molecule has 1 aliphatic carbocycles. The van der Waals surface area contributed by atoms with Gasteiger partial charge in [0.1, 0.15) is 0 Å². The van der Waals surface area contributed by atoms with E-state index in [4.69, 9.17) is 0 Å². The van der Waals surface area contributed by atoms with Crippen LogP contribution in [0.1, 0.15) is 41.8 Å². The predicted octanol–water partition coefficient (Wildman–Crippen LogP) is 1.34. The number of amides is 2. The van der Waals surface area contributed by atoms with Crippen molar-refractivity contribution in [2.45, 2.75) is 37.4 Å². The van der Waals surface area contributed by atoms with Crippen molar-refractivity contribution in [2.75, 3.05) is 18.8 Å². The van der Waals surface area contributed by atoms with Gasteiger partial charge in [-0.3, -0.25) is 9.59 Å². The van der Waals surface area contributed by atoms with Crippen LogP contribution in [-0.2, 0) is 14.6 Å².